The molecule has 0 radical (unpaired) electrons. The Morgan fingerprint density at radius 1 is 1.53 bits per heavy atom. The minimum atomic E-state index is -0.958. The molecule has 17 heavy (non-hydrogen) atoms. The van der Waals surface area contributed by atoms with E-state index in [1.807, 2.05) is 4.98 Å². The molecule has 0 bridgehead atoms. The van der Waals surface area contributed by atoms with Crippen molar-refractivity contribution in [2.24, 2.45) is 5.41 Å². The van der Waals surface area contributed by atoms with Gasteiger partial charge in [-0.05, 0) is 18.3 Å². The van der Waals surface area contributed by atoms with Crippen LogP contribution in [0.4, 0.5) is 5.69 Å². The van der Waals surface area contributed by atoms with E-state index in [9.17, 15) is 19.7 Å². The first kappa shape index (κ1) is 12.0. The molecule has 0 aliphatic heterocycles. The highest BCUT2D eigenvalue weighted by atomic mass is 79.9. The Labute approximate surface area is 104 Å². The lowest BCUT2D eigenvalue weighted by Crippen LogP contribution is -2.33. The fraction of sp³-hybridized carbons (Fsp3) is 0.556. The molecular formula is C9H10BrN3O4. The Kier molecular flexibility index (Phi) is 2.90. The normalized spacial score (nSPS) is 16.8. The lowest BCUT2D eigenvalue weighted by molar-refractivity contribution is -0.386. The smallest absolute Gasteiger partial charge is 0.293 e. The van der Waals surface area contributed by atoms with Crippen LogP contribution in [0.1, 0.15) is 12.8 Å². The van der Waals surface area contributed by atoms with Crippen LogP contribution < -0.4 is 11.2 Å². The molecule has 1 aliphatic rings. The van der Waals surface area contributed by atoms with Crippen LogP contribution in [-0.4, -0.2) is 19.8 Å². The van der Waals surface area contributed by atoms with Gasteiger partial charge in [0.15, 0.2) is 0 Å². The zero-order chi connectivity index (χ0) is 12.6. The van der Waals surface area contributed by atoms with Crippen LogP contribution in [-0.2, 0) is 6.54 Å². The maximum Gasteiger partial charge on any atom is 0.350 e. The molecule has 1 saturated carbocycles. The fourth-order valence-electron chi connectivity index (χ4n) is 1.62. The van der Waals surface area contributed by atoms with Crippen molar-refractivity contribution in [3.63, 3.8) is 0 Å². The number of nitrogens with zero attached hydrogens (tertiary/aromatic N) is 2. The van der Waals surface area contributed by atoms with Gasteiger partial charge in [-0.15, -0.1) is 0 Å². The number of alkyl halides is 1. The molecule has 0 atom stereocenters. The quantitative estimate of drug-likeness (QED) is 0.501. The van der Waals surface area contributed by atoms with Crippen LogP contribution in [0.15, 0.2) is 15.8 Å². The molecule has 0 unspecified atom stereocenters. The summed E-state index contributed by atoms with van der Waals surface area (Å²) in [5, 5.41) is 11.3. The van der Waals surface area contributed by atoms with E-state index >= 15 is 0 Å². The van der Waals surface area contributed by atoms with Crippen LogP contribution >= 0.6 is 15.9 Å². The first-order valence-corrected chi connectivity index (χ1v) is 6.14. The van der Waals surface area contributed by atoms with Crippen molar-refractivity contribution in [1.29, 1.82) is 0 Å². The monoisotopic (exact) mass is 303 g/mol. The van der Waals surface area contributed by atoms with Crippen LogP contribution in [0.3, 0.4) is 0 Å². The number of hydrogen-bond donors (Lipinski definition) is 1. The van der Waals surface area contributed by atoms with Gasteiger partial charge in [0, 0.05) is 11.9 Å². The topological polar surface area (TPSA) is 98.0 Å². The summed E-state index contributed by atoms with van der Waals surface area (Å²) >= 11 is 3.36. The Hall–Kier alpha value is -1.44. The first-order valence-electron chi connectivity index (χ1n) is 5.02. The summed E-state index contributed by atoms with van der Waals surface area (Å²) in [6.45, 7) is 0.384. The molecule has 1 N–H and O–H groups in total. The van der Waals surface area contributed by atoms with Crippen molar-refractivity contribution in [2.75, 3.05) is 5.33 Å². The Morgan fingerprint density at radius 3 is 2.65 bits per heavy atom. The average Bonchev–Trinajstić information content (AvgIpc) is 3.02. The second kappa shape index (κ2) is 4.10. The second-order valence-corrected chi connectivity index (χ2v) is 4.85. The highest BCUT2D eigenvalue weighted by Crippen LogP contribution is 2.48. The number of halogens is 1. The molecule has 0 aromatic carbocycles. The minimum Gasteiger partial charge on any atom is -0.293 e. The standard InChI is InChI=1S/C9H10BrN3O4/c10-4-9(1-2-9)5-12-3-6(13(16)17)7(14)11-8(12)15/h3H,1-2,4-5H2,(H,11,14,15). The minimum absolute atomic E-state index is 0.00403. The lowest BCUT2D eigenvalue weighted by atomic mass is 10.1. The molecule has 1 fully saturated rings. The number of aromatic nitrogens is 2. The number of nitrogens with one attached hydrogen (secondary N) is 1. The Bertz CT molecular complexity index is 572. The molecule has 0 spiro atoms. The van der Waals surface area contributed by atoms with Crippen molar-refractivity contribution in [3.8, 4) is 0 Å². The van der Waals surface area contributed by atoms with E-state index in [0.717, 1.165) is 24.4 Å². The maximum absolute atomic E-state index is 11.5. The third-order valence-electron chi connectivity index (χ3n) is 2.94. The summed E-state index contributed by atoms with van der Waals surface area (Å²) in [6, 6.07) is 0. The molecule has 8 heteroatoms. The van der Waals surface area contributed by atoms with Gasteiger partial charge in [0.25, 0.3) is 0 Å². The van der Waals surface area contributed by atoms with E-state index in [-0.39, 0.29) is 5.41 Å². The van der Waals surface area contributed by atoms with Crippen LogP contribution in [0, 0.1) is 15.5 Å². The Morgan fingerprint density at radius 2 is 2.18 bits per heavy atom. The highest BCUT2D eigenvalue weighted by Gasteiger charge is 2.42. The van der Waals surface area contributed by atoms with E-state index < -0.39 is 21.9 Å². The van der Waals surface area contributed by atoms with Crippen molar-refractivity contribution >= 4 is 21.6 Å². The van der Waals surface area contributed by atoms with E-state index in [1.54, 1.807) is 0 Å². The van der Waals surface area contributed by atoms with E-state index in [2.05, 4.69) is 15.9 Å². The average molecular weight is 304 g/mol. The van der Waals surface area contributed by atoms with Crippen molar-refractivity contribution in [2.45, 2.75) is 19.4 Å². The number of hydrogen-bond acceptors (Lipinski definition) is 4. The number of aromatic amines is 1. The summed E-state index contributed by atoms with van der Waals surface area (Å²) in [6.07, 6.45) is 2.96. The van der Waals surface area contributed by atoms with E-state index in [0.29, 0.717) is 6.54 Å². The van der Waals surface area contributed by atoms with Gasteiger partial charge >= 0.3 is 16.9 Å². The molecule has 0 amide bonds. The Balaban J connectivity index is 2.41. The van der Waals surface area contributed by atoms with Crippen molar-refractivity contribution in [3.05, 3.63) is 37.1 Å². The number of nitro groups is 1. The van der Waals surface area contributed by atoms with E-state index in [4.69, 9.17) is 0 Å². The van der Waals surface area contributed by atoms with Gasteiger partial charge in [-0.2, -0.15) is 0 Å². The third kappa shape index (κ3) is 2.31. The summed E-state index contributed by atoms with van der Waals surface area (Å²) in [4.78, 5) is 34.4. The molecular weight excluding hydrogens is 294 g/mol. The van der Waals surface area contributed by atoms with Gasteiger partial charge in [-0.25, -0.2) is 4.79 Å². The zero-order valence-electron chi connectivity index (χ0n) is 8.81. The summed E-state index contributed by atoms with van der Waals surface area (Å²) in [5.41, 5.74) is -2.17. The molecule has 7 nitrogen and oxygen atoms in total. The number of H-pyrrole nitrogens is 1. The predicted molar refractivity (Wildman–Crippen MR) is 63.4 cm³/mol. The molecule has 1 aliphatic carbocycles. The van der Waals surface area contributed by atoms with Crippen LogP contribution in [0.5, 0.6) is 0 Å². The summed E-state index contributed by atoms with van der Waals surface area (Å²) in [7, 11) is 0. The summed E-state index contributed by atoms with van der Waals surface area (Å²) in [5.74, 6) is 0. The van der Waals surface area contributed by atoms with Crippen LogP contribution in [0.2, 0.25) is 0 Å². The van der Waals surface area contributed by atoms with Gasteiger partial charge in [0.1, 0.15) is 0 Å². The summed E-state index contributed by atoms with van der Waals surface area (Å²) < 4.78 is 1.20. The van der Waals surface area contributed by atoms with Gasteiger partial charge in [-0.3, -0.25) is 24.5 Å². The van der Waals surface area contributed by atoms with Crippen molar-refractivity contribution < 1.29 is 4.92 Å². The maximum atomic E-state index is 11.5. The lowest BCUT2D eigenvalue weighted by Gasteiger charge is -2.12. The van der Waals surface area contributed by atoms with Gasteiger partial charge in [0.2, 0.25) is 0 Å². The van der Waals surface area contributed by atoms with Gasteiger partial charge < -0.3 is 0 Å². The predicted octanol–water partition coefficient (Wildman–Crippen LogP) is 0.620. The zero-order valence-corrected chi connectivity index (χ0v) is 10.4. The number of rotatable bonds is 4. The van der Waals surface area contributed by atoms with Crippen molar-refractivity contribution in [1.82, 2.24) is 9.55 Å². The van der Waals surface area contributed by atoms with Gasteiger partial charge in [0.05, 0.1) is 11.1 Å². The van der Waals surface area contributed by atoms with Crippen LogP contribution in [0.25, 0.3) is 0 Å². The molecule has 92 valence electrons. The molecule has 1 heterocycles. The van der Waals surface area contributed by atoms with Gasteiger partial charge in [-0.1, -0.05) is 15.9 Å². The third-order valence-corrected chi connectivity index (χ3v) is 4.12. The first-order chi connectivity index (χ1) is 7.97. The highest BCUT2D eigenvalue weighted by molar-refractivity contribution is 9.09. The largest absolute Gasteiger partial charge is 0.350 e. The second-order valence-electron chi connectivity index (χ2n) is 4.29. The SMILES string of the molecule is O=c1[nH]c(=O)n(CC2(CBr)CC2)cc1[N+](=O)[O-]. The molecule has 0 saturated heterocycles. The molecule has 2 rings (SSSR count). The molecule has 1 aromatic rings. The molecule has 1 aromatic heterocycles. The van der Waals surface area contributed by atoms with E-state index in [1.165, 1.54) is 4.57 Å². The fourth-order valence-corrected chi connectivity index (χ4v) is 2.36.